The van der Waals surface area contributed by atoms with E-state index < -0.39 is 20.4 Å². The Bertz CT molecular complexity index is 1300. The molecule has 1 aliphatic rings. The van der Waals surface area contributed by atoms with E-state index in [0.717, 1.165) is 40.7 Å². The van der Waals surface area contributed by atoms with Gasteiger partial charge >= 0.3 is 10.4 Å². The van der Waals surface area contributed by atoms with Gasteiger partial charge in [-0.25, -0.2) is 18.4 Å². The molecule has 3 N–H and O–H groups in total. The molecule has 0 amide bonds. The Morgan fingerprint density at radius 3 is 2.16 bits per heavy atom. The first kappa shape index (κ1) is 24.3. The van der Waals surface area contributed by atoms with Gasteiger partial charge in [-0.3, -0.25) is 9.11 Å². The van der Waals surface area contributed by atoms with Crippen LogP contribution in [0.15, 0.2) is 41.7 Å². The van der Waals surface area contributed by atoms with E-state index in [1.807, 2.05) is 12.1 Å². The average molecular weight is 483 g/mol. The highest BCUT2D eigenvalue weighted by molar-refractivity contribution is 7.89. The number of H-pyrrole nitrogens is 1. The summed E-state index contributed by atoms with van der Waals surface area (Å²) >= 11 is 0. The molecule has 4 heterocycles. The third kappa shape index (κ3) is 5.70. The zero-order valence-corrected chi connectivity index (χ0v) is 19.6. The summed E-state index contributed by atoms with van der Waals surface area (Å²) in [6, 6.07) is 7.49. The van der Waals surface area contributed by atoms with Crippen LogP contribution in [-0.4, -0.2) is 58.3 Å². The number of hydrogen-bond donors (Lipinski definition) is 3. The van der Waals surface area contributed by atoms with E-state index in [4.69, 9.17) is 17.5 Å². The number of aromatic amines is 1. The van der Waals surface area contributed by atoms with Crippen LogP contribution in [0.2, 0.25) is 0 Å². The number of aromatic nitrogens is 3. The molecule has 0 aromatic carbocycles. The fraction of sp³-hybridized carbons (Fsp3) is 0.400. The van der Waals surface area contributed by atoms with Crippen molar-refractivity contribution in [2.24, 2.45) is 0 Å². The highest BCUT2D eigenvalue weighted by Crippen LogP contribution is 2.32. The van der Waals surface area contributed by atoms with Gasteiger partial charge in [-0.1, -0.05) is 20.8 Å². The van der Waals surface area contributed by atoms with E-state index in [1.54, 1.807) is 18.5 Å². The SMILES string of the molecule is CC(C)(C)c1cc2c(-c3ccc(S(=O)(=O)N4CCCC4)nc3)ccnc2[nH]1.O=S(=O)(O)O. The largest absolute Gasteiger partial charge is 0.394 e. The van der Waals surface area contributed by atoms with Gasteiger partial charge < -0.3 is 4.98 Å². The lowest BCUT2D eigenvalue weighted by Gasteiger charge is -2.15. The van der Waals surface area contributed by atoms with E-state index in [-0.39, 0.29) is 10.4 Å². The van der Waals surface area contributed by atoms with Gasteiger partial charge in [0.15, 0.2) is 5.03 Å². The minimum atomic E-state index is -4.67. The molecule has 0 aliphatic carbocycles. The number of pyridine rings is 2. The van der Waals surface area contributed by atoms with Crippen LogP contribution < -0.4 is 0 Å². The van der Waals surface area contributed by atoms with Crippen LogP contribution in [0.1, 0.15) is 39.3 Å². The minimum absolute atomic E-state index is 0.0100. The second-order valence-electron chi connectivity index (χ2n) is 8.50. The lowest BCUT2D eigenvalue weighted by molar-refractivity contribution is 0.381. The van der Waals surface area contributed by atoms with Gasteiger partial charge in [0, 0.05) is 47.5 Å². The van der Waals surface area contributed by atoms with Crippen molar-refractivity contribution in [2.75, 3.05) is 13.1 Å². The van der Waals surface area contributed by atoms with Crippen LogP contribution in [0.4, 0.5) is 0 Å². The van der Waals surface area contributed by atoms with E-state index >= 15 is 0 Å². The first-order chi connectivity index (χ1) is 14.8. The molecule has 0 bridgehead atoms. The van der Waals surface area contributed by atoms with Crippen molar-refractivity contribution < 1.29 is 25.9 Å². The standard InChI is InChI=1S/C20H24N4O2S.H2O4S/c1-20(2,3)17-12-16-15(8-9-21-19(16)23-17)14-6-7-18(22-13-14)27(25,26)24-10-4-5-11-24;1-5(2,3)4/h6-9,12-13H,4-5,10-11H2,1-3H3,(H,21,23);(H2,1,2,3,4). The van der Waals surface area contributed by atoms with Crippen molar-refractivity contribution in [3.05, 3.63) is 42.4 Å². The summed E-state index contributed by atoms with van der Waals surface area (Å²) in [6.45, 7) is 7.61. The van der Waals surface area contributed by atoms with Gasteiger partial charge in [0.1, 0.15) is 5.65 Å². The number of nitrogens with one attached hydrogen (secondary N) is 1. The first-order valence-corrected chi connectivity index (χ1v) is 12.8. The van der Waals surface area contributed by atoms with E-state index in [1.165, 1.54) is 4.31 Å². The molecule has 1 fully saturated rings. The number of sulfonamides is 1. The Hall–Kier alpha value is -2.38. The number of hydrogen-bond acceptors (Lipinski definition) is 6. The van der Waals surface area contributed by atoms with Crippen molar-refractivity contribution in [1.82, 2.24) is 19.3 Å². The van der Waals surface area contributed by atoms with Crippen molar-refractivity contribution in [3.8, 4) is 11.1 Å². The van der Waals surface area contributed by atoms with Crippen LogP contribution in [0, 0.1) is 0 Å². The molecule has 1 aliphatic heterocycles. The van der Waals surface area contributed by atoms with Gasteiger partial charge in [-0.15, -0.1) is 0 Å². The maximum absolute atomic E-state index is 12.7. The molecule has 10 nitrogen and oxygen atoms in total. The fourth-order valence-electron chi connectivity index (χ4n) is 3.44. The van der Waals surface area contributed by atoms with Crippen LogP contribution in [0.3, 0.4) is 0 Å². The summed E-state index contributed by atoms with van der Waals surface area (Å²) in [5.74, 6) is 0. The van der Waals surface area contributed by atoms with Crippen molar-refractivity contribution >= 4 is 31.5 Å². The molecular formula is C20H26N4O6S2. The molecule has 32 heavy (non-hydrogen) atoms. The van der Waals surface area contributed by atoms with E-state index in [0.29, 0.717) is 13.1 Å². The van der Waals surface area contributed by atoms with Gasteiger partial charge in [0.25, 0.3) is 10.0 Å². The van der Waals surface area contributed by atoms with Crippen molar-refractivity contribution in [1.29, 1.82) is 0 Å². The highest BCUT2D eigenvalue weighted by Gasteiger charge is 2.28. The lowest BCUT2D eigenvalue weighted by Crippen LogP contribution is -2.28. The van der Waals surface area contributed by atoms with Gasteiger partial charge in [-0.05, 0) is 42.7 Å². The fourth-order valence-corrected chi connectivity index (χ4v) is 4.86. The number of rotatable bonds is 3. The summed E-state index contributed by atoms with van der Waals surface area (Å²) in [6.07, 6.45) is 5.23. The molecule has 0 saturated carbocycles. The molecule has 0 atom stereocenters. The normalized spacial score (nSPS) is 15.5. The molecule has 3 aromatic rings. The van der Waals surface area contributed by atoms with Gasteiger partial charge in [-0.2, -0.15) is 12.7 Å². The summed E-state index contributed by atoms with van der Waals surface area (Å²) in [4.78, 5) is 12.1. The first-order valence-electron chi connectivity index (χ1n) is 9.91. The maximum atomic E-state index is 12.7. The predicted molar refractivity (Wildman–Crippen MR) is 120 cm³/mol. The molecule has 0 unspecified atom stereocenters. The predicted octanol–water partition coefficient (Wildman–Crippen LogP) is 3.05. The lowest BCUT2D eigenvalue weighted by atomic mass is 9.92. The average Bonchev–Trinajstić information content (AvgIpc) is 3.36. The van der Waals surface area contributed by atoms with Crippen LogP contribution in [0.5, 0.6) is 0 Å². The number of nitrogens with zero attached hydrogens (tertiary/aromatic N) is 3. The molecule has 0 spiro atoms. The maximum Gasteiger partial charge on any atom is 0.394 e. The second-order valence-corrected chi connectivity index (χ2v) is 11.3. The van der Waals surface area contributed by atoms with Gasteiger partial charge in [0.2, 0.25) is 0 Å². The van der Waals surface area contributed by atoms with Crippen molar-refractivity contribution in [2.45, 2.75) is 44.1 Å². The minimum Gasteiger partial charge on any atom is -0.343 e. The third-order valence-corrected chi connectivity index (χ3v) is 6.87. The highest BCUT2D eigenvalue weighted by atomic mass is 32.3. The Morgan fingerprint density at radius 1 is 1.00 bits per heavy atom. The molecule has 3 aromatic heterocycles. The Balaban J connectivity index is 0.000000523. The topological polar surface area (TPSA) is 154 Å². The second kappa shape index (κ2) is 8.87. The molecular weight excluding hydrogens is 456 g/mol. The molecule has 174 valence electrons. The molecule has 1 saturated heterocycles. The van der Waals surface area contributed by atoms with Crippen LogP contribution in [-0.2, 0) is 25.8 Å². The van der Waals surface area contributed by atoms with E-state index in [9.17, 15) is 8.42 Å². The monoisotopic (exact) mass is 482 g/mol. The van der Waals surface area contributed by atoms with Gasteiger partial charge in [0.05, 0.1) is 0 Å². The Labute approximate surface area is 187 Å². The molecule has 4 rings (SSSR count). The summed E-state index contributed by atoms with van der Waals surface area (Å²) in [5.41, 5.74) is 3.79. The zero-order chi connectivity index (χ0) is 23.7. The summed E-state index contributed by atoms with van der Waals surface area (Å²) in [7, 11) is -8.16. The quantitative estimate of drug-likeness (QED) is 0.481. The smallest absolute Gasteiger partial charge is 0.343 e. The molecule has 0 radical (unpaired) electrons. The van der Waals surface area contributed by atoms with Crippen molar-refractivity contribution in [3.63, 3.8) is 0 Å². The zero-order valence-electron chi connectivity index (χ0n) is 18.0. The van der Waals surface area contributed by atoms with E-state index in [2.05, 4.69) is 41.8 Å². The summed E-state index contributed by atoms with van der Waals surface area (Å²) in [5, 5.41) is 1.13. The van der Waals surface area contributed by atoms with Crippen LogP contribution in [0.25, 0.3) is 22.2 Å². The van der Waals surface area contributed by atoms with Crippen LogP contribution >= 0.6 is 0 Å². The number of fused-ring (bicyclic) bond motifs is 1. The molecule has 12 heteroatoms. The third-order valence-electron chi connectivity index (χ3n) is 5.06. The Morgan fingerprint density at radius 2 is 1.62 bits per heavy atom. The Kier molecular flexibility index (Phi) is 6.72. The summed E-state index contributed by atoms with van der Waals surface area (Å²) < 4.78 is 58.4.